The molecule has 0 bridgehead atoms. The number of aromatic nitrogens is 1. The van der Waals surface area contributed by atoms with Crippen LogP contribution in [0.5, 0.6) is 0 Å². The van der Waals surface area contributed by atoms with Crippen LogP contribution in [0.4, 0.5) is 0 Å². The van der Waals surface area contributed by atoms with E-state index >= 15 is 0 Å². The van der Waals surface area contributed by atoms with Crippen molar-refractivity contribution in [1.82, 2.24) is 14.8 Å². The molecule has 0 aromatic carbocycles. The Labute approximate surface area is 151 Å². The normalized spacial score (nSPS) is 18.2. The third kappa shape index (κ3) is 3.62. The average Bonchev–Trinajstić information content (AvgIpc) is 3.22. The Kier molecular flexibility index (Phi) is 5.24. The van der Waals surface area contributed by atoms with E-state index in [4.69, 9.17) is 5.73 Å². The number of carbonyl (C=O) groups is 2. The van der Waals surface area contributed by atoms with Gasteiger partial charge in [0.1, 0.15) is 5.69 Å². The first-order chi connectivity index (χ1) is 12.0. The summed E-state index contributed by atoms with van der Waals surface area (Å²) in [6.07, 6.45) is 3.41. The lowest BCUT2D eigenvalue weighted by atomic mass is 9.99. The smallest absolute Gasteiger partial charge is 0.267 e. The summed E-state index contributed by atoms with van der Waals surface area (Å²) in [5.74, 6) is -0.448. The van der Waals surface area contributed by atoms with Gasteiger partial charge in [-0.3, -0.25) is 14.5 Å². The van der Waals surface area contributed by atoms with Crippen molar-refractivity contribution < 1.29 is 9.59 Å². The highest BCUT2D eigenvalue weighted by molar-refractivity contribution is 7.10. The zero-order valence-electron chi connectivity index (χ0n) is 14.6. The molecule has 3 heterocycles. The molecule has 2 amide bonds. The van der Waals surface area contributed by atoms with E-state index in [0.717, 1.165) is 36.5 Å². The molecule has 2 aromatic heterocycles. The van der Waals surface area contributed by atoms with Crippen molar-refractivity contribution in [1.29, 1.82) is 0 Å². The first-order valence-electron chi connectivity index (χ1n) is 8.50. The van der Waals surface area contributed by atoms with Crippen LogP contribution in [0, 0.1) is 0 Å². The molecule has 6 nitrogen and oxygen atoms in total. The van der Waals surface area contributed by atoms with Crippen molar-refractivity contribution in [2.24, 2.45) is 12.8 Å². The quantitative estimate of drug-likeness (QED) is 0.858. The van der Waals surface area contributed by atoms with Crippen LogP contribution in [0.3, 0.4) is 0 Å². The summed E-state index contributed by atoms with van der Waals surface area (Å²) in [7, 11) is 3.60. The van der Waals surface area contributed by atoms with Crippen molar-refractivity contribution in [2.75, 3.05) is 13.6 Å². The maximum Gasteiger partial charge on any atom is 0.267 e. The molecule has 1 aliphatic heterocycles. The van der Waals surface area contributed by atoms with Crippen LogP contribution in [0.2, 0.25) is 0 Å². The summed E-state index contributed by atoms with van der Waals surface area (Å²) in [4.78, 5) is 26.9. The number of hydrogen-bond acceptors (Lipinski definition) is 4. The van der Waals surface area contributed by atoms with E-state index in [1.807, 2.05) is 29.1 Å². The highest BCUT2D eigenvalue weighted by Gasteiger charge is 2.27. The van der Waals surface area contributed by atoms with Gasteiger partial charge in [0.15, 0.2) is 0 Å². The maximum absolute atomic E-state index is 12.0. The number of amides is 2. The number of primary amides is 1. The predicted octanol–water partition coefficient (Wildman–Crippen LogP) is 2.27. The molecule has 134 valence electrons. The van der Waals surface area contributed by atoms with Gasteiger partial charge in [-0.25, -0.2) is 0 Å². The minimum Gasteiger partial charge on any atom is -0.366 e. The second-order valence-electron chi connectivity index (χ2n) is 6.43. The van der Waals surface area contributed by atoms with Crippen LogP contribution in [0.1, 0.15) is 56.7 Å². The Morgan fingerprint density at radius 1 is 1.36 bits per heavy atom. The first kappa shape index (κ1) is 17.7. The standard InChI is InChI=1S/C18H24N4O2S/c1-20-18(24)16-7-6-14(21(16)2)15-5-3-4-8-22(15)10-13-9-12(11-25-13)17(19)23/h6-7,9,11,15H,3-5,8,10H2,1-2H3,(H2,19,23)(H,20,24)/t15-/m1/s1. The van der Waals surface area contributed by atoms with Crippen LogP contribution in [0.25, 0.3) is 0 Å². The second-order valence-corrected chi connectivity index (χ2v) is 7.43. The molecule has 1 fully saturated rings. The van der Waals surface area contributed by atoms with Crippen molar-refractivity contribution in [3.05, 3.63) is 45.4 Å². The fourth-order valence-corrected chi connectivity index (χ4v) is 4.42. The molecule has 7 heteroatoms. The van der Waals surface area contributed by atoms with Crippen molar-refractivity contribution >= 4 is 23.2 Å². The molecule has 3 N–H and O–H groups in total. The van der Waals surface area contributed by atoms with E-state index in [2.05, 4.69) is 16.3 Å². The molecular formula is C18H24N4O2S. The molecular weight excluding hydrogens is 336 g/mol. The second kappa shape index (κ2) is 7.41. The third-order valence-corrected chi connectivity index (χ3v) is 5.79. The SMILES string of the molecule is CNC(=O)c1ccc([C@H]2CCCCN2Cc2cc(C(N)=O)cs2)n1C. The lowest BCUT2D eigenvalue weighted by molar-refractivity contribution is 0.0951. The fraction of sp³-hybridized carbons (Fsp3) is 0.444. The van der Waals surface area contributed by atoms with Gasteiger partial charge >= 0.3 is 0 Å². The minimum atomic E-state index is -0.379. The fourth-order valence-electron chi connectivity index (χ4n) is 3.53. The number of nitrogens with one attached hydrogen (secondary N) is 1. The molecule has 3 rings (SSSR count). The maximum atomic E-state index is 12.0. The molecule has 25 heavy (non-hydrogen) atoms. The van der Waals surface area contributed by atoms with Gasteiger partial charge in [0.05, 0.1) is 11.6 Å². The molecule has 0 unspecified atom stereocenters. The molecule has 0 radical (unpaired) electrons. The van der Waals surface area contributed by atoms with E-state index < -0.39 is 0 Å². The summed E-state index contributed by atoms with van der Waals surface area (Å²) in [6.45, 7) is 1.80. The third-order valence-electron chi connectivity index (χ3n) is 4.87. The Hall–Kier alpha value is -2.12. The Bertz CT molecular complexity index is 780. The van der Waals surface area contributed by atoms with Gasteiger partial charge in [-0.15, -0.1) is 11.3 Å². The zero-order chi connectivity index (χ0) is 18.0. The number of thiophene rings is 1. The monoisotopic (exact) mass is 360 g/mol. The summed E-state index contributed by atoms with van der Waals surface area (Å²) in [5, 5.41) is 4.51. The van der Waals surface area contributed by atoms with Crippen LogP contribution in [-0.4, -0.2) is 34.9 Å². The Morgan fingerprint density at radius 2 is 2.16 bits per heavy atom. The minimum absolute atomic E-state index is 0.0690. The van der Waals surface area contributed by atoms with Crippen molar-refractivity contribution in [2.45, 2.75) is 31.8 Å². The van der Waals surface area contributed by atoms with Gasteiger partial charge in [-0.1, -0.05) is 6.42 Å². The Morgan fingerprint density at radius 3 is 2.84 bits per heavy atom. The highest BCUT2D eigenvalue weighted by Crippen LogP contribution is 2.33. The number of rotatable bonds is 5. The van der Waals surface area contributed by atoms with Crippen molar-refractivity contribution in [3.8, 4) is 0 Å². The first-order valence-corrected chi connectivity index (χ1v) is 9.38. The lowest BCUT2D eigenvalue weighted by Gasteiger charge is -2.36. The lowest BCUT2D eigenvalue weighted by Crippen LogP contribution is -2.34. The number of nitrogens with zero attached hydrogens (tertiary/aromatic N) is 2. The molecule has 2 aromatic rings. The van der Waals surface area contributed by atoms with Gasteiger partial charge in [-0.05, 0) is 37.6 Å². The number of piperidine rings is 1. The van der Waals surface area contributed by atoms with Crippen LogP contribution >= 0.6 is 11.3 Å². The van der Waals surface area contributed by atoms with E-state index in [-0.39, 0.29) is 17.9 Å². The van der Waals surface area contributed by atoms with Gasteiger partial charge < -0.3 is 15.6 Å². The van der Waals surface area contributed by atoms with Crippen LogP contribution in [-0.2, 0) is 13.6 Å². The average molecular weight is 360 g/mol. The molecule has 0 spiro atoms. The number of hydrogen-bond donors (Lipinski definition) is 2. The molecule has 1 saturated heterocycles. The van der Waals surface area contributed by atoms with E-state index in [9.17, 15) is 9.59 Å². The van der Waals surface area contributed by atoms with Crippen LogP contribution in [0.15, 0.2) is 23.6 Å². The van der Waals surface area contributed by atoms with E-state index in [1.165, 1.54) is 6.42 Å². The number of nitrogens with two attached hydrogens (primary N) is 1. The largest absolute Gasteiger partial charge is 0.366 e. The summed E-state index contributed by atoms with van der Waals surface area (Å²) in [6, 6.07) is 6.10. The van der Waals surface area contributed by atoms with Gasteiger partial charge in [0.2, 0.25) is 5.91 Å². The van der Waals surface area contributed by atoms with Gasteiger partial charge in [0, 0.05) is 36.6 Å². The predicted molar refractivity (Wildman–Crippen MR) is 98.6 cm³/mol. The summed E-state index contributed by atoms with van der Waals surface area (Å²) < 4.78 is 1.99. The highest BCUT2D eigenvalue weighted by atomic mass is 32.1. The number of likely N-dealkylation sites (tertiary alicyclic amines) is 1. The Balaban J connectivity index is 1.82. The van der Waals surface area contributed by atoms with Crippen molar-refractivity contribution in [3.63, 3.8) is 0 Å². The number of carbonyl (C=O) groups excluding carboxylic acids is 2. The van der Waals surface area contributed by atoms with Gasteiger partial charge in [-0.2, -0.15) is 0 Å². The zero-order valence-corrected chi connectivity index (χ0v) is 15.4. The summed E-state index contributed by atoms with van der Waals surface area (Å²) >= 11 is 1.57. The summed E-state index contributed by atoms with van der Waals surface area (Å²) in [5.41, 5.74) is 7.77. The van der Waals surface area contributed by atoms with E-state index in [1.54, 1.807) is 18.4 Å². The van der Waals surface area contributed by atoms with Gasteiger partial charge in [0.25, 0.3) is 5.91 Å². The molecule has 1 atom stereocenters. The van der Waals surface area contributed by atoms with Crippen LogP contribution < -0.4 is 11.1 Å². The topological polar surface area (TPSA) is 80.4 Å². The molecule has 0 aliphatic carbocycles. The molecule has 0 saturated carbocycles. The molecule has 1 aliphatic rings. The van der Waals surface area contributed by atoms with E-state index in [0.29, 0.717) is 11.3 Å².